The number of benzene rings is 2. The van der Waals surface area contributed by atoms with Crippen molar-refractivity contribution in [3.05, 3.63) is 89.0 Å². The molecule has 162 valence electrons. The highest BCUT2D eigenvalue weighted by molar-refractivity contribution is 6.07. The van der Waals surface area contributed by atoms with E-state index in [1.54, 1.807) is 16.8 Å². The number of hydrogen-bond donors (Lipinski definition) is 1. The number of nitrogens with zero attached hydrogens (tertiary/aromatic N) is 3. The first-order chi connectivity index (χ1) is 15.5. The number of rotatable bonds is 6. The molecule has 1 atom stereocenters. The highest BCUT2D eigenvalue weighted by Crippen LogP contribution is 2.43. The maximum atomic E-state index is 13.5. The van der Waals surface area contributed by atoms with Crippen molar-refractivity contribution in [2.45, 2.75) is 45.1 Å². The monoisotopic (exact) mass is 428 g/mol. The molecule has 1 aliphatic rings. The van der Waals surface area contributed by atoms with Crippen molar-refractivity contribution in [3.8, 4) is 5.69 Å². The molecule has 0 spiro atoms. The first kappa shape index (κ1) is 20.4. The summed E-state index contributed by atoms with van der Waals surface area (Å²) in [4.78, 5) is 18.3. The van der Waals surface area contributed by atoms with Gasteiger partial charge >= 0.3 is 0 Å². The minimum absolute atomic E-state index is 0.131. The van der Waals surface area contributed by atoms with Crippen LogP contribution in [0.4, 0.5) is 4.39 Å². The Kier molecular flexibility index (Phi) is 5.21. The van der Waals surface area contributed by atoms with E-state index in [-0.39, 0.29) is 17.8 Å². The summed E-state index contributed by atoms with van der Waals surface area (Å²) in [5, 5.41) is 8.80. The highest BCUT2D eigenvalue weighted by atomic mass is 19.1. The molecule has 0 unspecified atom stereocenters. The van der Waals surface area contributed by atoms with Crippen LogP contribution in [0.3, 0.4) is 0 Å². The van der Waals surface area contributed by atoms with Crippen LogP contribution in [0.15, 0.2) is 60.7 Å². The Bertz CT molecular complexity index is 1280. The van der Waals surface area contributed by atoms with Crippen LogP contribution in [-0.2, 0) is 6.42 Å². The van der Waals surface area contributed by atoms with E-state index in [1.807, 2.05) is 50.2 Å². The lowest BCUT2D eigenvalue weighted by atomic mass is 10.0. The van der Waals surface area contributed by atoms with Crippen molar-refractivity contribution < 1.29 is 9.18 Å². The number of fused-ring (bicyclic) bond motifs is 1. The van der Waals surface area contributed by atoms with E-state index in [1.165, 1.54) is 12.1 Å². The Morgan fingerprint density at radius 3 is 2.53 bits per heavy atom. The number of carbonyl (C=O) groups is 1. The summed E-state index contributed by atoms with van der Waals surface area (Å²) in [5.41, 5.74) is 4.75. The second-order valence-corrected chi connectivity index (χ2v) is 8.37. The molecule has 1 amide bonds. The predicted octanol–water partition coefficient (Wildman–Crippen LogP) is 5.49. The van der Waals surface area contributed by atoms with Gasteiger partial charge < -0.3 is 5.32 Å². The maximum absolute atomic E-state index is 13.5. The topological polar surface area (TPSA) is 59.8 Å². The van der Waals surface area contributed by atoms with Crippen molar-refractivity contribution in [2.75, 3.05) is 0 Å². The lowest BCUT2D eigenvalue weighted by Gasteiger charge is -2.15. The number of halogens is 1. The van der Waals surface area contributed by atoms with Crippen LogP contribution in [0.1, 0.15) is 66.0 Å². The summed E-state index contributed by atoms with van der Waals surface area (Å²) >= 11 is 0. The van der Waals surface area contributed by atoms with Gasteiger partial charge in [-0.05, 0) is 62.1 Å². The largest absolute Gasteiger partial charge is 0.345 e. The van der Waals surface area contributed by atoms with E-state index in [0.29, 0.717) is 23.5 Å². The van der Waals surface area contributed by atoms with Crippen molar-refractivity contribution in [3.63, 3.8) is 0 Å². The van der Waals surface area contributed by atoms with Gasteiger partial charge in [-0.3, -0.25) is 4.79 Å². The quantitative estimate of drug-likeness (QED) is 0.442. The summed E-state index contributed by atoms with van der Waals surface area (Å²) in [6.07, 6.45) is 2.79. The average molecular weight is 429 g/mol. The molecule has 2 aromatic carbocycles. The van der Waals surface area contributed by atoms with E-state index >= 15 is 0 Å². The van der Waals surface area contributed by atoms with Crippen LogP contribution in [0, 0.1) is 5.82 Å². The molecule has 6 heteroatoms. The Labute approximate surface area is 186 Å². The number of aromatic nitrogens is 3. The molecule has 32 heavy (non-hydrogen) atoms. The second kappa shape index (κ2) is 8.19. The zero-order valence-corrected chi connectivity index (χ0v) is 18.2. The van der Waals surface area contributed by atoms with Crippen molar-refractivity contribution >= 4 is 16.9 Å². The van der Waals surface area contributed by atoms with Gasteiger partial charge in [-0.15, -0.1) is 0 Å². The molecular weight excluding hydrogens is 403 g/mol. The van der Waals surface area contributed by atoms with Gasteiger partial charge in [0.25, 0.3) is 5.91 Å². The smallest absolute Gasteiger partial charge is 0.252 e. The molecule has 1 N–H and O–H groups in total. The number of pyridine rings is 1. The van der Waals surface area contributed by atoms with E-state index in [0.717, 1.165) is 40.9 Å². The van der Waals surface area contributed by atoms with Crippen molar-refractivity contribution in [1.82, 2.24) is 20.1 Å². The van der Waals surface area contributed by atoms with Crippen LogP contribution in [0.25, 0.3) is 16.7 Å². The van der Waals surface area contributed by atoms with E-state index < -0.39 is 0 Å². The van der Waals surface area contributed by atoms with Crippen LogP contribution in [-0.4, -0.2) is 20.7 Å². The molecule has 2 heterocycles. The molecule has 4 aromatic rings. The maximum Gasteiger partial charge on any atom is 0.252 e. The average Bonchev–Trinajstić information content (AvgIpc) is 3.60. The SMILES string of the molecule is CCc1cc(C(=O)N[C@@H](C)c2ccccc2)c2c(C3CC3)nn(-c3ccc(F)cc3)c2n1. The van der Waals surface area contributed by atoms with E-state index in [4.69, 9.17) is 10.1 Å². The summed E-state index contributed by atoms with van der Waals surface area (Å²) in [6, 6.07) is 17.9. The van der Waals surface area contributed by atoms with Crippen molar-refractivity contribution in [1.29, 1.82) is 0 Å². The lowest BCUT2D eigenvalue weighted by molar-refractivity contribution is 0.0941. The third-order valence-electron chi connectivity index (χ3n) is 6.01. The third kappa shape index (κ3) is 3.77. The van der Waals surface area contributed by atoms with Gasteiger partial charge in [-0.25, -0.2) is 14.1 Å². The van der Waals surface area contributed by atoms with Gasteiger partial charge in [-0.2, -0.15) is 5.10 Å². The predicted molar refractivity (Wildman–Crippen MR) is 122 cm³/mol. The third-order valence-corrected chi connectivity index (χ3v) is 6.01. The van der Waals surface area contributed by atoms with E-state index in [9.17, 15) is 9.18 Å². The number of amides is 1. The van der Waals surface area contributed by atoms with E-state index in [2.05, 4.69) is 5.32 Å². The molecule has 0 aliphatic heterocycles. The lowest BCUT2D eigenvalue weighted by Crippen LogP contribution is -2.27. The van der Waals surface area contributed by atoms with Crippen LogP contribution in [0.5, 0.6) is 0 Å². The number of nitrogens with one attached hydrogen (secondary N) is 1. The highest BCUT2D eigenvalue weighted by Gasteiger charge is 2.32. The second-order valence-electron chi connectivity index (χ2n) is 8.37. The van der Waals surface area contributed by atoms with Gasteiger partial charge in [-0.1, -0.05) is 37.3 Å². The molecular formula is C26H25FN4O. The molecule has 1 saturated carbocycles. The minimum Gasteiger partial charge on any atom is -0.345 e. The van der Waals surface area contributed by atoms with Crippen molar-refractivity contribution in [2.24, 2.45) is 0 Å². The summed E-state index contributed by atoms with van der Waals surface area (Å²) < 4.78 is 15.3. The Hall–Kier alpha value is -3.54. The summed E-state index contributed by atoms with van der Waals surface area (Å²) in [5.74, 6) is -0.111. The number of hydrogen-bond acceptors (Lipinski definition) is 3. The fourth-order valence-corrected chi connectivity index (χ4v) is 4.06. The standard InChI is InChI=1S/C26H25FN4O/c1-3-20-15-22(26(32)28-16(2)17-7-5-4-6-8-17)23-24(18-9-10-18)30-31(25(23)29-20)21-13-11-19(27)12-14-21/h4-8,11-16,18H,3,9-10H2,1-2H3,(H,28,32)/t16-/m0/s1. The minimum atomic E-state index is -0.301. The molecule has 0 radical (unpaired) electrons. The summed E-state index contributed by atoms with van der Waals surface area (Å²) in [6.45, 7) is 4.00. The zero-order chi connectivity index (χ0) is 22.2. The first-order valence-corrected chi connectivity index (χ1v) is 11.1. The van der Waals surface area contributed by atoms with Gasteiger partial charge in [0.2, 0.25) is 0 Å². The van der Waals surface area contributed by atoms with Crippen LogP contribution >= 0.6 is 0 Å². The molecule has 0 bridgehead atoms. The van der Waals surface area contributed by atoms with Gasteiger partial charge in [0.1, 0.15) is 5.82 Å². The molecule has 0 saturated heterocycles. The number of carbonyl (C=O) groups excluding carboxylic acids is 1. The molecule has 2 aromatic heterocycles. The van der Waals surface area contributed by atoms with Gasteiger partial charge in [0, 0.05) is 11.6 Å². The normalized spacial score (nSPS) is 14.5. The molecule has 1 fully saturated rings. The summed E-state index contributed by atoms with van der Waals surface area (Å²) in [7, 11) is 0. The van der Waals surface area contributed by atoms with Gasteiger partial charge in [0.05, 0.1) is 28.4 Å². The Morgan fingerprint density at radius 2 is 1.88 bits per heavy atom. The Morgan fingerprint density at radius 1 is 1.16 bits per heavy atom. The number of aryl methyl sites for hydroxylation is 1. The molecule has 5 nitrogen and oxygen atoms in total. The molecule has 1 aliphatic carbocycles. The molecule has 5 rings (SSSR count). The zero-order valence-electron chi connectivity index (χ0n) is 18.2. The first-order valence-electron chi connectivity index (χ1n) is 11.1. The van der Waals surface area contributed by atoms with Crippen LogP contribution in [0.2, 0.25) is 0 Å². The van der Waals surface area contributed by atoms with Crippen LogP contribution < -0.4 is 5.32 Å². The fraction of sp³-hybridized carbons (Fsp3) is 0.269. The van der Waals surface area contributed by atoms with Gasteiger partial charge in [0.15, 0.2) is 5.65 Å². The fourth-order valence-electron chi connectivity index (χ4n) is 4.06. The Balaban J connectivity index is 1.63.